The van der Waals surface area contributed by atoms with Crippen molar-refractivity contribution in [3.63, 3.8) is 0 Å². The SMILES string of the molecule is CC(NC(=S)C(=O)NCCc1ccccc1)c1ccccc1. The van der Waals surface area contributed by atoms with Gasteiger partial charge in [-0.1, -0.05) is 72.9 Å². The Balaban J connectivity index is 1.76. The zero-order valence-corrected chi connectivity index (χ0v) is 13.4. The smallest absolute Gasteiger partial charge is 0.278 e. The van der Waals surface area contributed by atoms with Crippen LogP contribution in [-0.4, -0.2) is 17.4 Å². The molecule has 114 valence electrons. The number of carbonyl (C=O) groups is 1. The molecular formula is C18H20N2OS. The summed E-state index contributed by atoms with van der Waals surface area (Å²) in [5.41, 5.74) is 2.29. The number of hydrogen-bond acceptors (Lipinski definition) is 2. The molecule has 0 heterocycles. The molecule has 0 aromatic heterocycles. The lowest BCUT2D eigenvalue weighted by Crippen LogP contribution is -2.40. The molecule has 1 unspecified atom stereocenters. The number of amides is 1. The number of rotatable bonds is 5. The number of nitrogens with one attached hydrogen (secondary N) is 2. The van der Waals surface area contributed by atoms with E-state index in [4.69, 9.17) is 12.2 Å². The molecule has 2 aromatic carbocycles. The van der Waals surface area contributed by atoms with Crippen molar-refractivity contribution < 1.29 is 4.79 Å². The first-order valence-electron chi connectivity index (χ1n) is 7.34. The molecule has 0 fully saturated rings. The summed E-state index contributed by atoms with van der Waals surface area (Å²) in [6.45, 7) is 2.56. The average Bonchev–Trinajstić information content (AvgIpc) is 2.56. The normalized spacial score (nSPS) is 11.5. The first-order chi connectivity index (χ1) is 10.7. The molecule has 0 saturated carbocycles. The van der Waals surface area contributed by atoms with Crippen molar-refractivity contribution in [3.8, 4) is 0 Å². The van der Waals surface area contributed by atoms with Crippen molar-refractivity contribution >= 4 is 23.1 Å². The first-order valence-corrected chi connectivity index (χ1v) is 7.75. The van der Waals surface area contributed by atoms with Gasteiger partial charge in [0.2, 0.25) is 0 Å². The summed E-state index contributed by atoms with van der Waals surface area (Å²) in [6, 6.07) is 20.0. The second kappa shape index (κ2) is 8.29. The molecule has 22 heavy (non-hydrogen) atoms. The molecule has 4 heteroatoms. The standard InChI is InChI=1S/C18H20N2OS/c1-14(16-10-6-3-7-11-16)20-18(22)17(21)19-13-12-15-8-4-2-5-9-15/h2-11,14H,12-13H2,1H3,(H,19,21)(H,20,22). The highest BCUT2D eigenvalue weighted by molar-refractivity contribution is 7.82. The summed E-state index contributed by atoms with van der Waals surface area (Å²) in [5, 5.41) is 5.91. The Bertz CT molecular complexity index is 613. The summed E-state index contributed by atoms with van der Waals surface area (Å²) in [7, 11) is 0. The summed E-state index contributed by atoms with van der Waals surface area (Å²) in [5.74, 6) is -0.228. The third-order valence-corrected chi connectivity index (χ3v) is 3.70. The summed E-state index contributed by atoms with van der Waals surface area (Å²) in [4.78, 5) is 12.2. The lowest BCUT2D eigenvalue weighted by Gasteiger charge is -2.16. The largest absolute Gasteiger partial charge is 0.365 e. The van der Waals surface area contributed by atoms with Crippen LogP contribution in [0.4, 0.5) is 0 Å². The van der Waals surface area contributed by atoms with Crippen LogP contribution in [0.5, 0.6) is 0 Å². The Kier molecular flexibility index (Phi) is 6.10. The van der Waals surface area contributed by atoms with E-state index >= 15 is 0 Å². The maximum atomic E-state index is 12.0. The minimum absolute atomic E-state index is 0.00794. The minimum atomic E-state index is -0.228. The fourth-order valence-electron chi connectivity index (χ4n) is 2.13. The van der Waals surface area contributed by atoms with E-state index in [0.29, 0.717) is 6.54 Å². The molecule has 0 aliphatic rings. The van der Waals surface area contributed by atoms with Gasteiger partial charge in [-0.05, 0) is 24.5 Å². The van der Waals surface area contributed by atoms with Gasteiger partial charge >= 0.3 is 0 Å². The molecule has 0 aliphatic heterocycles. The van der Waals surface area contributed by atoms with E-state index in [1.54, 1.807) is 0 Å². The molecule has 0 bridgehead atoms. The van der Waals surface area contributed by atoms with Crippen LogP contribution in [0, 0.1) is 0 Å². The van der Waals surface area contributed by atoms with Crippen LogP contribution in [0.1, 0.15) is 24.1 Å². The molecule has 0 aliphatic carbocycles. The average molecular weight is 312 g/mol. The van der Waals surface area contributed by atoms with Crippen molar-refractivity contribution in [1.82, 2.24) is 10.6 Å². The van der Waals surface area contributed by atoms with Gasteiger partial charge in [0.15, 0.2) is 4.99 Å². The quantitative estimate of drug-likeness (QED) is 0.834. The summed E-state index contributed by atoms with van der Waals surface area (Å²) < 4.78 is 0. The molecule has 3 nitrogen and oxygen atoms in total. The van der Waals surface area contributed by atoms with E-state index in [1.165, 1.54) is 5.56 Å². The highest BCUT2D eigenvalue weighted by Gasteiger charge is 2.12. The molecule has 1 atom stereocenters. The Hall–Kier alpha value is -2.20. The van der Waals surface area contributed by atoms with Crippen molar-refractivity contribution in [2.75, 3.05) is 6.54 Å². The fraction of sp³-hybridized carbons (Fsp3) is 0.222. The number of benzene rings is 2. The Morgan fingerprint density at radius 2 is 1.64 bits per heavy atom. The van der Waals surface area contributed by atoms with E-state index in [9.17, 15) is 4.79 Å². The lowest BCUT2D eigenvalue weighted by molar-refractivity contribution is -0.114. The maximum absolute atomic E-state index is 12.0. The molecular weight excluding hydrogens is 292 g/mol. The second-order valence-corrected chi connectivity index (χ2v) is 5.51. The van der Waals surface area contributed by atoms with Crippen LogP contribution in [0.25, 0.3) is 0 Å². The van der Waals surface area contributed by atoms with Crippen molar-refractivity contribution in [2.45, 2.75) is 19.4 Å². The van der Waals surface area contributed by atoms with Crippen molar-refractivity contribution in [2.24, 2.45) is 0 Å². The van der Waals surface area contributed by atoms with Gasteiger partial charge in [0.05, 0.1) is 0 Å². The third-order valence-electron chi connectivity index (χ3n) is 3.40. The highest BCUT2D eigenvalue weighted by atomic mass is 32.1. The van der Waals surface area contributed by atoms with Crippen LogP contribution < -0.4 is 10.6 Å². The van der Waals surface area contributed by atoms with Crippen LogP contribution >= 0.6 is 12.2 Å². The summed E-state index contributed by atoms with van der Waals surface area (Å²) >= 11 is 5.16. The van der Waals surface area contributed by atoms with E-state index < -0.39 is 0 Å². The lowest BCUT2D eigenvalue weighted by atomic mass is 10.1. The van der Waals surface area contributed by atoms with E-state index in [-0.39, 0.29) is 16.9 Å². The Morgan fingerprint density at radius 1 is 1.05 bits per heavy atom. The monoisotopic (exact) mass is 312 g/mol. The van der Waals surface area contributed by atoms with Gasteiger partial charge in [0, 0.05) is 12.6 Å². The van der Waals surface area contributed by atoms with Crippen molar-refractivity contribution in [3.05, 3.63) is 71.8 Å². The Morgan fingerprint density at radius 3 is 2.27 bits per heavy atom. The first kappa shape index (κ1) is 16.2. The van der Waals surface area contributed by atoms with Crippen LogP contribution in [0.15, 0.2) is 60.7 Å². The van der Waals surface area contributed by atoms with Gasteiger partial charge in [-0.25, -0.2) is 0 Å². The number of hydrogen-bond donors (Lipinski definition) is 2. The van der Waals surface area contributed by atoms with E-state index in [2.05, 4.69) is 10.6 Å². The molecule has 2 rings (SSSR count). The fourth-order valence-corrected chi connectivity index (χ4v) is 2.38. The molecule has 0 saturated heterocycles. The molecule has 2 N–H and O–H groups in total. The van der Waals surface area contributed by atoms with Gasteiger partial charge in [-0.15, -0.1) is 0 Å². The second-order valence-electron chi connectivity index (χ2n) is 5.10. The molecule has 0 spiro atoms. The minimum Gasteiger partial charge on any atom is -0.365 e. The van der Waals surface area contributed by atoms with Gasteiger partial charge in [0.25, 0.3) is 5.91 Å². The van der Waals surface area contributed by atoms with Crippen LogP contribution in [0.3, 0.4) is 0 Å². The highest BCUT2D eigenvalue weighted by Crippen LogP contribution is 2.10. The third kappa shape index (κ3) is 4.97. The molecule has 2 aromatic rings. The van der Waals surface area contributed by atoms with E-state index in [1.807, 2.05) is 67.6 Å². The summed E-state index contributed by atoms with van der Waals surface area (Å²) in [6.07, 6.45) is 0.795. The van der Waals surface area contributed by atoms with E-state index in [0.717, 1.165) is 12.0 Å². The maximum Gasteiger partial charge on any atom is 0.278 e. The van der Waals surface area contributed by atoms with Gasteiger partial charge in [-0.2, -0.15) is 0 Å². The van der Waals surface area contributed by atoms with Crippen LogP contribution in [0.2, 0.25) is 0 Å². The van der Waals surface area contributed by atoms with Crippen molar-refractivity contribution in [1.29, 1.82) is 0 Å². The zero-order valence-electron chi connectivity index (χ0n) is 12.6. The van der Waals surface area contributed by atoms with Gasteiger partial charge in [0.1, 0.15) is 0 Å². The Labute approximate surface area is 136 Å². The van der Waals surface area contributed by atoms with Gasteiger partial charge < -0.3 is 10.6 Å². The predicted octanol–water partition coefficient (Wildman–Crippen LogP) is 3.02. The van der Waals surface area contributed by atoms with Gasteiger partial charge in [-0.3, -0.25) is 4.79 Å². The predicted molar refractivity (Wildman–Crippen MR) is 93.7 cm³/mol. The topological polar surface area (TPSA) is 41.1 Å². The molecule has 1 amide bonds. The number of thiocarbonyl (C=S) groups is 1. The number of carbonyl (C=O) groups excluding carboxylic acids is 1. The van der Waals surface area contributed by atoms with Crippen LogP contribution in [-0.2, 0) is 11.2 Å². The molecule has 0 radical (unpaired) electrons. The zero-order chi connectivity index (χ0) is 15.8.